The van der Waals surface area contributed by atoms with Crippen LogP contribution in [-0.4, -0.2) is 5.78 Å². The average molecular weight is 410 g/mol. The van der Waals surface area contributed by atoms with E-state index in [0.717, 1.165) is 36.5 Å². The fourth-order valence-electron chi connectivity index (χ4n) is 4.44. The van der Waals surface area contributed by atoms with Crippen molar-refractivity contribution in [2.75, 3.05) is 0 Å². The van der Waals surface area contributed by atoms with Gasteiger partial charge in [0.2, 0.25) is 5.78 Å². The maximum atomic E-state index is 14.7. The van der Waals surface area contributed by atoms with Crippen LogP contribution in [0.25, 0.3) is 0 Å². The van der Waals surface area contributed by atoms with Gasteiger partial charge in [0.1, 0.15) is 0 Å². The zero-order chi connectivity index (χ0) is 21.6. The number of hydrogen-bond donors (Lipinski definition) is 0. The van der Waals surface area contributed by atoms with E-state index in [4.69, 9.17) is 5.26 Å². The van der Waals surface area contributed by atoms with Crippen molar-refractivity contribution in [2.45, 2.75) is 70.1 Å². The van der Waals surface area contributed by atoms with Crippen molar-refractivity contribution in [3.63, 3.8) is 0 Å². The van der Waals surface area contributed by atoms with E-state index in [1.165, 1.54) is 62.8 Å². The van der Waals surface area contributed by atoms with Crippen LogP contribution in [0, 0.1) is 17.2 Å². The Morgan fingerprint density at radius 3 is 2.20 bits per heavy atom. The summed E-state index contributed by atoms with van der Waals surface area (Å²) in [7, 11) is 0. The first kappa shape index (κ1) is 22.2. The molecule has 0 bridgehead atoms. The summed E-state index contributed by atoms with van der Waals surface area (Å²) in [5, 5.41) is 8.81. The van der Waals surface area contributed by atoms with Crippen molar-refractivity contribution < 1.29 is 13.6 Å². The normalized spacial score (nSPS) is 19.3. The van der Waals surface area contributed by atoms with Crippen LogP contribution in [-0.2, 0) is 5.92 Å². The van der Waals surface area contributed by atoms with Gasteiger partial charge in [0.15, 0.2) is 0 Å². The number of Topliss-reactive ketones (excluding diaryl/α,β-unsaturated/α-hetero) is 1. The lowest BCUT2D eigenvalue weighted by molar-refractivity contribution is 0.00742. The molecule has 0 amide bonds. The van der Waals surface area contributed by atoms with Crippen LogP contribution in [0.5, 0.6) is 0 Å². The highest BCUT2D eigenvalue weighted by Crippen LogP contribution is 2.38. The summed E-state index contributed by atoms with van der Waals surface area (Å²) in [6, 6.07) is 13.5. The van der Waals surface area contributed by atoms with E-state index in [0.29, 0.717) is 5.92 Å². The van der Waals surface area contributed by atoms with Crippen molar-refractivity contribution >= 4 is 5.78 Å². The molecule has 1 saturated carbocycles. The molecule has 1 aliphatic rings. The number of hydrogen-bond acceptors (Lipinski definition) is 2. The highest BCUT2D eigenvalue weighted by atomic mass is 19.3. The summed E-state index contributed by atoms with van der Waals surface area (Å²) in [6.07, 6.45) is 9.91. The minimum absolute atomic E-state index is 0.0151. The summed E-state index contributed by atoms with van der Waals surface area (Å²) in [5.41, 5.74) is 1.05. The maximum absolute atomic E-state index is 14.7. The van der Waals surface area contributed by atoms with Gasteiger partial charge in [0.05, 0.1) is 11.6 Å². The van der Waals surface area contributed by atoms with Crippen molar-refractivity contribution in [2.24, 2.45) is 5.92 Å². The monoisotopic (exact) mass is 409 g/mol. The summed E-state index contributed by atoms with van der Waals surface area (Å²) in [5.74, 6) is -3.56. The molecule has 0 atom stereocenters. The number of carbonyl (C=O) groups excluding carboxylic acids is 1. The number of alkyl halides is 2. The van der Waals surface area contributed by atoms with Crippen LogP contribution in [0.1, 0.15) is 91.3 Å². The highest BCUT2D eigenvalue weighted by Gasteiger charge is 2.41. The predicted octanol–water partition coefficient (Wildman–Crippen LogP) is 7.39. The van der Waals surface area contributed by atoms with Gasteiger partial charge in [-0.3, -0.25) is 4.79 Å². The molecule has 0 spiro atoms. The van der Waals surface area contributed by atoms with E-state index < -0.39 is 17.3 Å². The van der Waals surface area contributed by atoms with Crippen molar-refractivity contribution in [1.29, 1.82) is 5.26 Å². The van der Waals surface area contributed by atoms with E-state index >= 15 is 0 Å². The van der Waals surface area contributed by atoms with Gasteiger partial charge in [0, 0.05) is 11.1 Å². The van der Waals surface area contributed by atoms with Crippen molar-refractivity contribution in [3.05, 3.63) is 70.8 Å². The number of nitrogens with zero attached hydrogens (tertiary/aromatic N) is 1. The lowest BCUT2D eigenvalue weighted by atomic mass is 9.77. The lowest BCUT2D eigenvalue weighted by Gasteiger charge is -2.29. The van der Waals surface area contributed by atoms with Crippen LogP contribution in [0.3, 0.4) is 0 Å². The van der Waals surface area contributed by atoms with Crippen LogP contribution < -0.4 is 0 Å². The maximum Gasteiger partial charge on any atom is 0.334 e. The Morgan fingerprint density at radius 2 is 1.63 bits per heavy atom. The van der Waals surface area contributed by atoms with E-state index in [9.17, 15) is 13.6 Å². The summed E-state index contributed by atoms with van der Waals surface area (Å²) >= 11 is 0. The SMILES string of the molecule is CCCCC[C@H]1CC[C@H](c2ccc(C(=O)C(F)(F)c3ccc(C#N)cc3)cc2)CC1. The quantitative estimate of drug-likeness (QED) is 0.337. The van der Waals surface area contributed by atoms with Crippen LogP contribution in [0.4, 0.5) is 8.78 Å². The molecule has 0 N–H and O–H groups in total. The summed E-state index contributed by atoms with van der Waals surface area (Å²) in [4.78, 5) is 12.5. The van der Waals surface area contributed by atoms with Gasteiger partial charge in [0.25, 0.3) is 0 Å². The average Bonchev–Trinajstić information content (AvgIpc) is 2.79. The largest absolute Gasteiger partial charge is 0.334 e. The molecule has 1 aliphatic carbocycles. The van der Waals surface area contributed by atoms with Gasteiger partial charge in [-0.15, -0.1) is 0 Å². The number of ketones is 1. The lowest BCUT2D eigenvalue weighted by Crippen LogP contribution is -2.26. The number of carbonyl (C=O) groups is 1. The first-order valence-electron chi connectivity index (χ1n) is 11.0. The number of benzene rings is 2. The molecular formula is C26H29F2NO. The Morgan fingerprint density at radius 1 is 1.00 bits per heavy atom. The third-order valence-electron chi connectivity index (χ3n) is 6.37. The standard InChI is InChI=1S/C26H29F2NO/c1-2-3-4-5-19-6-10-21(11-7-19)22-12-14-23(15-13-22)25(30)26(27,28)24-16-8-20(18-29)9-17-24/h8-9,12-17,19,21H,2-7,10-11H2,1H3/t19-,21-. The fraction of sp³-hybridized carbons (Fsp3) is 0.462. The Bertz CT molecular complexity index is 873. The number of unbranched alkanes of at least 4 members (excludes halogenated alkanes) is 2. The first-order valence-corrected chi connectivity index (χ1v) is 11.0. The summed E-state index contributed by atoms with van der Waals surface area (Å²) in [6.45, 7) is 2.23. The second kappa shape index (κ2) is 9.98. The molecular weight excluding hydrogens is 380 g/mol. The van der Waals surface area contributed by atoms with Crippen molar-refractivity contribution in [1.82, 2.24) is 0 Å². The number of halogens is 2. The van der Waals surface area contributed by atoms with E-state index in [1.807, 2.05) is 18.2 Å². The Hall–Kier alpha value is -2.54. The third-order valence-corrected chi connectivity index (χ3v) is 6.37. The molecule has 30 heavy (non-hydrogen) atoms. The van der Waals surface area contributed by atoms with Gasteiger partial charge in [-0.1, -0.05) is 69.0 Å². The third kappa shape index (κ3) is 5.14. The van der Waals surface area contributed by atoms with Crippen molar-refractivity contribution in [3.8, 4) is 6.07 Å². The molecule has 0 aromatic heterocycles. The minimum atomic E-state index is -3.62. The molecule has 0 radical (unpaired) electrons. The van der Waals surface area contributed by atoms with Crippen LogP contribution in [0.2, 0.25) is 0 Å². The fourth-order valence-corrected chi connectivity index (χ4v) is 4.44. The van der Waals surface area contributed by atoms with Gasteiger partial charge in [-0.2, -0.15) is 14.0 Å². The molecule has 0 unspecified atom stereocenters. The molecule has 0 heterocycles. The number of nitriles is 1. The molecule has 0 aliphatic heterocycles. The van der Waals surface area contributed by atoms with Gasteiger partial charge in [-0.05, 0) is 55.2 Å². The Labute approximate surface area is 177 Å². The molecule has 2 nitrogen and oxygen atoms in total. The van der Waals surface area contributed by atoms with Crippen LogP contribution in [0.15, 0.2) is 48.5 Å². The van der Waals surface area contributed by atoms with E-state index in [-0.39, 0.29) is 11.1 Å². The van der Waals surface area contributed by atoms with E-state index in [2.05, 4.69) is 6.92 Å². The zero-order valence-electron chi connectivity index (χ0n) is 17.5. The Balaban J connectivity index is 1.62. The van der Waals surface area contributed by atoms with Gasteiger partial charge < -0.3 is 0 Å². The minimum Gasteiger partial charge on any atom is -0.287 e. The highest BCUT2D eigenvalue weighted by molar-refractivity contribution is 6.01. The first-order chi connectivity index (χ1) is 14.5. The molecule has 158 valence electrons. The smallest absolute Gasteiger partial charge is 0.287 e. The summed E-state index contributed by atoms with van der Waals surface area (Å²) < 4.78 is 29.3. The molecule has 2 aromatic rings. The molecule has 3 rings (SSSR count). The van der Waals surface area contributed by atoms with Gasteiger partial charge >= 0.3 is 5.92 Å². The van der Waals surface area contributed by atoms with Gasteiger partial charge in [-0.25, -0.2) is 0 Å². The predicted molar refractivity (Wildman–Crippen MR) is 115 cm³/mol. The zero-order valence-corrected chi connectivity index (χ0v) is 17.5. The molecule has 2 aromatic carbocycles. The second-order valence-corrected chi connectivity index (χ2v) is 8.43. The molecule has 1 fully saturated rings. The molecule has 0 saturated heterocycles. The van der Waals surface area contributed by atoms with E-state index in [1.54, 1.807) is 0 Å². The second-order valence-electron chi connectivity index (χ2n) is 8.43. The van der Waals surface area contributed by atoms with Crippen LogP contribution >= 0.6 is 0 Å². The topological polar surface area (TPSA) is 40.9 Å². The number of rotatable bonds is 8. The molecule has 4 heteroatoms. The Kier molecular flexibility index (Phi) is 7.37.